The third-order valence-corrected chi connectivity index (χ3v) is 4.81. The topological polar surface area (TPSA) is 70.5 Å². The summed E-state index contributed by atoms with van der Waals surface area (Å²) < 4.78 is 5.90. The summed E-state index contributed by atoms with van der Waals surface area (Å²) >= 11 is 1.66. The molecule has 0 aliphatic carbocycles. The van der Waals surface area contributed by atoms with Gasteiger partial charge in [0.15, 0.2) is 5.82 Å². The molecule has 2 aliphatic heterocycles. The normalized spacial score (nSPS) is 23.6. The van der Waals surface area contributed by atoms with Crippen LogP contribution in [0.2, 0.25) is 0 Å². The predicted octanol–water partition coefficient (Wildman–Crippen LogP) is 2.20. The summed E-state index contributed by atoms with van der Waals surface area (Å²) in [5.74, 6) is 1.66. The first kappa shape index (κ1) is 13.9. The van der Waals surface area contributed by atoms with Gasteiger partial charge in [-0.15, -0.1) is 0 Å². The maximum Gasteiger partial charge on any atom is 0.159 e. The van der Waals surface area contributed by atoms with Crippen molar-refractivity contribution in [2.75, 3.05) is 23.5 Å². The van der Waals surface area contributed by atoms with E-state index in [0.717, 1.165) is 41.4 Å². The highest BCUT2D eigenvalue weighted by Gasteiger charge is 2.35. The summed E-state index contributed by atoms with van der Waals surface area (Å²) in [7, 11) is 0. The van der Waals surface area contributed by atoms with Crippen molar-refractivity contribution >= 4 is 22.8 Å². The number of hydrogen-bond donors (Lipinski definition) is 2. The van der Waals surface area contributed by atoms with Crippen molar-refractivity contribution in [3.8, 4) is 11.3 Å². The molecule has 2 atom stereocenters. The Morgan fingerprint density at radius 2 is 2.36 bits per heavy atom. The Hall–Kier alpha value is -1.70. The largest absolute Gasteiger partial charge is 0.394 e. The van der Waals surface area contributed by atoms with Gasteiger partial charge in [-0.3, -0.25) is 0 Å². The van der Waals surface area contributed by atoms with Crippen LogP contribution in [0.25, 0.3) is 11.3 Å². The standard InChI is InChI=1S/C15H18N4O2S/c1-9-17-13(10-4-5-22-7-10)14-15(18-9)19(8-16-14)12-3-2-11(6-20)21-12/h4-5,7,11-12,16,20H,2-3,6,8H2,1H3. The van der Waals surface area contributed by atoms with Gasteiger partial charge in [0.1, 0.15) is 23.4 Å². The molecular weight excluding hydrogens is 300 g/mol. The van der Waals surface area contributed by atoms with Gasteiger partial charge < -0.3 is 20.1 Å². The zero-order valence-electron chi connectivity index (χ0n) is 12.3. The van der Waals surface area contributed by atoms with Gasteiger partial charge in [0.05, 0.1) is 19.4 Å². The molecule has 0 aromatic carbocycles. The van der Waals surface area contributed by atoms with Gasteiger partial charge in [-0.2, -0.15) is 11.3 Å². The van der Waals surface area contributed by atoms with E-state index in [0.29, 0.717) is 6.67 Å². The van der Waals surface area contributed by atoms with Gasteiger partial charge in [0.25, 0.3) is 0 Å². The maximum absolute atomic E-state index is 9.25. The van der Waals surface area contributed by atoms with E-state index in [2.05, 4.69) is 37.0 Å². The van der Waals surface area contributed by atoms with E-state index in [9.17, 15) is 5.11 Å². The van der Waals surface area contributed by atoms with Gasteiger partial charge in [0, 0.05) is 10.9 Å². The minimum Gasteiger partial charge on any atom is -0.394 e. The van der Waals surface area contributed by atoms with E-state index in [1.54, 1.807) is 11.3 Å². The molecule has 4 rings (SSSR count). The Morgan fingerprint density at radius 1 is 1.45 bits per heavy atom. The van der Waals surface area contributed by atoms with E-state index in [-0.39, 0.29) is 18.9 Å². The summed E-state index contributed by atoms with van der Waals surface area (Å²) in [5, 5.41) is 16.8. The molecule has 1 saturated heterocycles. The summed E-state index contributed by atoms with van der Waals surface area (Å²) in [5.41, 5.74) is 3.03. The van der Waals surface area contributed by atoms with Crippen molar-refractivity contribution in [3.63, 3.8) is 0 Å². The number of ether oxygens (including phenoxy) is 1. The number of aryl methyl sites for hydroxylation is 1. The molecule has 0 radical (unpaired) electrons. The van der Waals surface area contributed by atoms with Crippen molar-refractivity contribution in [3.05, 3.63) is 22.7 Å². The molecule has 0 bridgehead atoms. The predicted molar refractivity (Wildman–Crippen MR) is 86.0 cm³/mol. The second kappa shape index (κ2) is 5.49. The number of aliphatic hydroxyl groups is 1. The molecule has 2 aromatic rings. The average molecular weight is 318 g/mol. The second-order valence-corrected chi connectivity index (χ2v) is 6.39. The summed E-state index contributed by atoms with van der Waals surface area (Å²) in [6.07, 6.45) is 1.70. The molecular formula is C15H18N4O2S. The van der Waals surface area contributed by atoms with E-state index < -0.39 is 0 Å². The number of fused-ring (bicyclic) bond motifs is 1. The van der Waals surface area contributed by atoms with Crippen LogP contribution in [0.15, 0.2) is 16.8 Å². The van der Waals surface area contributed by atoms with Gasteiger partial charge in [0.2, 0.25) is 0 Å². The van der Waals surface area contributed by atoms with E-state index in [4.69, 9.17) is 4.74 Å². The van der Waals surface area contributed by atoms with E-state index in [1.807, 2.05) is 6.92 Å². The number of aliphatic hydroxyl groups excluding tert-OH is 1. The highest BCUT2D eigenvalue weighted by Crippen LogP contribution is 2.40. The Bertz CT molecular complexity index is 676. The van der Waals surface area contributed by atoms with Crippen molar-refractivity contribution in [1.29, 1.82) is 0 Å². The number of thiophene rings is 1. The van der Waals surface area contributed by atoms with Gasteiger partial charge in [-0.25, -0.2) is 9.97 Å². The molecule has 2 unspecified atom stereocenters. The fourth-order valence-electron chi connectivity index (χ4n) is 3.06. The lowest BCUT2D eigenvalue weighted by Crippen LogP contribution is -2.36. The molecule has 116 valence electrons. The number of rotatable bonds is 3. The molecule has 0 amide bonds. The Labute approximate surface area is 132 Å². The summed E-state index contributed by atoms with van der Waals surface area (Å²) in [4.78, 5) is 11.4. The van der Waals surface area contributed by atoms with Gasteiger partial charge >= 0.3 is 0 Å². The smallest absolute Gasteiger partial charge is 0.159 e. The van der Waals surface area contributed by atoms with Crippen LogP contribution < -0.4 is 10.2 Å². The number of hydrogen-bond acceptors (Lipinski definition) is 7. The van der Waals surface area contributed by atoms with Crippen LogP contribution in [-0.4, -0.2) is 40.7 Å². The lowest BCUT2D eigenvalue weighted by molar-refractivity contribution is 0.0114. The SMILES string of the molecule is Cc1nc(-c2ccsc2)c2c(n1)N(C1CCC(CO)O1)CN2. The third-order valence-electron chi connectivity index (χ3n) is 4.13. The van der Waals surface area contributed by atoms with Crippen LogP contribution in [0.1, 0.15) is 18.7 Å². The number of aromatic nitrogens is 2. The van der Waals surface area contributed by atoms with Crippen LogP contribution in [-0.2, 0) is 4.74 Å². The monoisotopic (exact) mass is 318 g/mol. The molecule has 6 nitrogen and oxygen atoms in total. The quantitative estimate of drug-likeness (QED) is 0.904. The molecule has 0 saturated carbocycles. The van der Waals surface area contributed by atoms with Crippen LogP contribution >= 0.6 is 11.3 Å². The number of nitrogens with one attached hydrogen (secondary N) is 1. The highest BCUT2D eigenvalue weighted by atomic mass is 32.1. The molecule has 4 heterocycles. The minimum atomic E-state index is -0.0617. The first-order chi connectivity index (χ1) is 10.8. The van der Waals surface area contributed by atoms with E-state index >= 15 is 0 Å². The fourth-order valence-corrected chi connectivity index (χ4v) is 3.70. The maximum atomic E-state index is 9.25. The molecule has 0 spiro atoms. The Kier molecular flexibility index (Phi) is 3.48. The zero-order valence-corrected chi connectivity index (χ0v) is 13.1. The Balaban J connectivity index is 1.70. The molecule has 2 N–H and O–H groups in total. The fraction of sp³-hybridized carbons (Fsp3) is 0.467. The number of nitrogens with zero attached hydrogens (tertiary/aromatic N) is 3. The average Bonchev–Trinajstić information content (AvgIpc) is 3.25. The van der Waals surface area contributed by atoms with Crippen molar-refractivity contribution in [2.45, 2.75) is 32.1 Å². The molecule has 1 fully saturated rings. The van der Waals surface area contributed by atoms with Gasteiger partial charge in [-0.1, -0.05) is 0 Å². The second-order valence-electron chi connectivity index (χ2n) is 5.61. The lowest BCUT2D eigenvalue weighted by atomic mass is 10.2. The lowest BCUT2D eigenvalue weighted by Gasteiger charge is -2.24. The highest BCUT2D eigenvalue weighted by molar-refractivity contribution is 7.08. The first-order valence-corrected chi connectivity index (χ1v) is 8.38. The van der Waals surface area contributed by atoms with Crippen molar-refractivity contribution in [1.82, 2.24) is 9.97 Å². The first-order valence-electron chi connectivity index (χ1n) is 7.44. The molecule has 22 heavy (non-hydrogen) atoms. The molecule has 2 aromatic heterocycles. The van der Waals surface area contributed by atoms with E-state index in [1.165, 1.54) is 0 Å². The van der Waals surface area contributed by atoms with Crippen LogP contribution in [0.3, 0.4) is 0 Å². The molecule has 7 heteroatoms. The van der Waals surface area contributed by atoms with Gasteiger partial charge in [-0.05, 0) is 31.2 Å². The number of anilines is 2. The summed E-state index contributed by atoms with van der Waals surface area (Å²) in [6, 6.07) is 2.07. The Morgan fingerprint density at radius 3 is 3.09 bits per heavy atom. The van der Waals surface area contributed by atoms with Crippen molar-refractivity contribution < 1.29 is 9.84 Å². The minimum absolute atomic E-state index is 0.0319. The van der Waals surface area contributed by atoms with Crippen LogP contribution in [0.5, 0.6) is 0 Å². The molecule has 2 aliphatic rings. The van der Waals surface area contributed by atoms with Crippen molar-refractivity contribution in [2.24, 2.45) is 0 Å². The third kappa shape index (κ3) is 2.25. The summed E-state index contributed by atoms with van der Waals surface area (Å²) in [6.45, 7) is 2.65. The zero-order chi connectivity index (χ0) is 15.1. The van der Waals surface area contributed by atoms with Crippen LogP contribution in [0, 0.1) is 6.92 Å². The van der Waals surface area contributed by atoms with Crippen LogP contribution in [0.4, 0.5) is 11.5 Å².